The summed E-state index contributed by atoms with van der Waals surface area (Å²) in [6.45, 7) is 2.05. The molecule has 1 N–H and O–H groups in total. The second-order valence-electron chi connectivity index (χ2n) is 5.31. The Morgan fingerprint density at radius 1 is 1.24 bits per heavy atom. The number of aromatic amines is 1. The van der Waals surface area contributed by atoms with Crippen LogP contribution in [-0.2, 0) is 12.2 Å². The topological polar surface area (TPSA) is 93.9 Å². The molecule has 0 fully saturated rings. The van der Waals surface area contributed by atoms with Crippen molar-refractivity contribution in [2.75, 3.05) is 7.11 Å². The lowest BCUT2D eigenvalue weighted by molar-refractivity contribution is 0.415. The van der Waals surface area contributed by atoms with Gasteiger partial charge in [-0.2, -0.15) is 0 Å². The summed E-state index contributed by atoms with van der Waals surface area (Å²) in [5.74, 6) is 2.11. The Balaban J connectivity index is 1.68. The number of aryl methyl sites for hydroxylation is 1. The Kier molecular flexibility index (Phi) is 5.49. The maximum atomic E-state index is 11.7. The highest BCUT2D eigenvalue weighted by Gasteiger charge is 2.10. The second kappa shape index (κ2) is 7.98. The minimum absolute atomic E-state index is 0.148. The van der Waals surface area contributed by atoms with Gasteiger partial charge in [0.25, 0.3) is 5.56 Å². The van der Waals surface area contributed by atoms with Gasteiger partial charge in [-0.25, -0.2) is 4.98 Å². The van der Waals surface area contributed by atoms with Crippen molar-refractivity contribution in [3.63, 3.8) is 0 Å². The Labute approximate surface area is 148 Å². The van der Waals surface area contributed by atoms with E-state index in [0.717, 1.165) is 29.8 Å². The van der Waals surface area contributed by atoms with Crippen LogP contribution in [0.2, 0.25) is 0 Å². The number of H-pyrrole nitrogens is 1. The van der Waals surface area contributed by atoms with Gasteiger partial charge in [0.05, 0.1) is 12.9 Å². The third kappa shape index (κ3) is 4.48. The van der Waals surface area contributed by atoms with Crippen molar-refractivity contribution >= 4 is 11.8 Å². The van der Waals surface area contributed by atoms with Crippen LogP contribution in [0.1, 0.15) is 24.9 Å². The van der Waals surface area contributed by atoms with Crippen LogP contribution in [0.5, 0.6) is 5.75 Å². The lowest BCUT2D eigenvalue weighted by atomic mass is 10.2. The first-order valence-corrected chi connectivity index (χ1v) is 8.86. The molecule has 0 unspecified atom stereocenters. The monoisotopic (exact) mass is 358 g/mol. The van der Waals surface area contributed by atoms with Crippen molar-refractivity contribution in [3.05, 3.63) is 52.3 Å². The van der Waals surface area contributed by atoms with Gasteiger partial charge in [0.15, 0.2) is 5.16 Å². The molecule has 0 atom stereocenters. The van der Waals surface area contributed by atoms with Gasteiger partial charge in [0.1, 0.15) is 5.75 Å². The number of rotatable bonds is 7. The Bertz CT molecular complexity index is 889. The zero-order chi connectivity index (χ0) is 17.6. The first-order valence-electron chi connectivity index (χ1n) is 7.87. The molecule has 0 amide bonds. The molecule has 0 aliphatic rings. The molecule has 0 aliphatic heterocycles. The first kappa shape index (κ1) is 17.2. The summed E-state index contributed by atoms with van der Waals surface area (Å²) in [5, 5.41) is 8.65. The highest BCUT2D eigenvalue weighted by atomic mass is 32.2. The number of methoxy groups -OCH3 is 1. The molecule has 0 aliphatic carbocycles. The average molecular weight is 358 g/mol. The molecule has 0 bridgehead atoms. The summed E-state index contributed by atoms with van der Waals surface area (Å²) in [4.78, 5) is 18.8. The van der Waals surface area contributed by atoms with Gasteiger partial charge < -0.3 is 14.1 Å². The minimum Gasteiger partial charge on any atom is -0.497 e. The lowest BCUT2D eigenvalue weighted by Crippen LogP contribution is -2.09. The van der Waals surface area contributed by atoms with Gasteiger partial charge in [-0.3, -0.25) is 4.79 Å². The summed E-state index contributed by atoms with van der Waals surface area (Å²) in [7, 11) is 1.62. The predicted molar refractivity (Wildman–Crippen MR) is 94.7 cm³/mol. The molecule has 25 heavy (non-hydrogen) atoms. The van der Waals surface area contributed by atoms with Crippen LogP contribution in [0.25, 0.3) is 11.5 Å². The number of nitrogens with one attached hydrogen (secondary N) is 1. The molecule has 3 aromatic rings. The molecule has 1 aromatic carbocycles. The molecule has 2 aromatic heterocycles. The fraction of sp³-hybridized carbons (Fsp3) is 0.294. The highest BCUT2D eigenvalue weighted by Crippen LogP contribution is 2.23. The van der Waals surface area contributed by atoms with Crippen molar-refractivity contribution in [2.24, 2.45) is 0 Å². The summed E-state index contributed by atoms with van der Waals surface area (Å²) in [6.07, 6.45) is 1.72. The Morgan fingerprint density at radius 2 is 2.04 bits per heavy atom. The van der Waals surface area contributed by atoms with Gasteiger partial charge >= 0.3 is 0 Å². The van der Waals surface area contributed by atoms with Gasteiger partial charge in [-0.1, -0.05) is 25.1 Å². The van der Waals surface area contributed by atoms with Gasteiger partial charge in [0, 0.05) is 17.3 Å². The van der Waals surface area contributed by atoms with Crippen LogP contribution in [0.3, 0.4) is 0 Å². The van der Waals surface area contributed by atoms with Crippen molar-refractivity contribution in [3.8, 4) is 17.2 Å². The molecular formula is C17H18N4O3S. The molecule has 130 valence electrons. The molecule has 0 saturated heterocycles. The van der Waals surface area contributed by atoms with Crippen LogP contribution >= 0.6 is 11.8 Å². The van der Waals surface area contributed by atoms with Crippen LogP contribution in [0.15, 0.2) is 44.7 Å². The summed E-state index contributed by atoms with van der Waals surface area (Å²) < 4.78 is 10.8. The zero-order valence-electron chi connectivity index (χ0n) is 14.0. The maximum Gasteiger partial charge on any atom is 0.251 e. The van der Waals surface area contributed by atoms with Crippen LogP contribution in [0, 0.1) is 0 Å². The van der Waals surface area contributed by atoms with Crippen LogP contribution in [-0.4, -0.2) is 27.3 Å². The third-order valence-corrected chi connectivity index (χ3v) is 4.27. The van der Waals surface area contributed by atoms with E-state index in [0.29, 0.717) is 22.7 Å². The van der Waals surface area contributed by atoms with Gasteiger partial charge in [-0.05, 0) is 30.7 Å². The van der Waals surface area contributed by atoms with Crippen molar-refractivity contribution in [2.45, 2.75) is 30.7 Å². The van der Waals surface area contributed by atoms with E-state index in [-0.39, 0.29) is 5.56 Å². The summed E-state index contributed by atoms with van der Waals surface area (Å²) in [5.41, 5.74) is 1.46. The summed E-state index contributed by atoms with van der Waals surface area (Å²) >= 11 is 1.36. The summed E-state index contributed by atoms with van der Waals surface area (Å²) in [6, 6.07) is 8.92. The molecule has 2 heterocycles. The molecule has 0 saturated carbocycles. The molecule has 0 radical (unpaired) electrons. The molecule has 0 spiro atoms. The van der Waals surface area contributed by atoms with Crippen LogP contribution in [0.4, 0.5) is 0 Å². The lowest BCUT2D eigenvalue weighted by Gasteiger charge is -2.01. The maximum absolute atomic E-state index is 11.7. The van der Waals surface area contributed by atoms with Crippen molar-refractivity contribution in [1.82, 2.24) is 20.2 Å². The van der Waals surface area contributed by atoms with Crippen LogP contribution < -0.4 is 10.3 Å². The van der Waals surface area contributed by atoms with E-state index in [4.69, 9.17) is 9.15 Å². The average Bonchev–Trinajstić information content (AvgIpc) is 3.09. The normalized spacial score (nSPS) is 10.8. The number of ether oxygens (including phenoxy) is 1. The van der Waals surface area contributed by atoms with E-state index in [1.807, 2.05) is 24.3 Å². The van der Waals surface area contributed by atoms with E-state index in [1.165, 1.54) is 17.8 Å². The van der Waals surface area contributed by atoms with Crippen molar-refractivity contribution < 1.29 is 9.15 Å². The predicted octanol–water partition coefficient (Wildman–Crippen LogP) is 3.07. The molecule has 7 nitrogen and oxygen atoms in total. The minimum atomic E-state index is -0.148. The largest absolute Gasteiger partial charge is 0.497 e. The quantitative estimate of drug-likeness (QED) is 0.512. The number of benzene rings is 1. The van der Waals surface area contributed by atoms with E-state index >= 15 is 0 Å². The number of thioether (sulfide) groups is 1. The van der Waals surface area contributed by atoms with E-state index < -0.39 is 0 Å². The first-order chi connectivity index (χ1) is 12.2. The SMILES string of the molecule is CCCc1cc(=O)[nH]c(SCc2nnc(-c3ccc(OC)cc3)o2)n1. The number of hydrogen-bond donors (Lipinski definition) is 1. The number of nitrogens with zero attached hydrogens (tertiary/aromatic N) is 3. The Morgan fingerprint density at radius 3 is 2.76 bits per heavy atom. The van der Waals surface area contributed by atoms with E-state index in [1.54, 1.807) is 7.11 Å². The second-order valence-corrected chi connectivity index (χ2v) is 6.27. The fourth-order valence-corrected chi connectivity index (χ4v) is 2.96. The zero-order valence-corrected chi connectivity index (χ0v) is 14.8. The van der Waals surface area contributed by atoms with E-state index in [2.05, 4.69) is 27.1 Å². The van der Waals surface area contributed by atoms with Gasteiger partial charge in [0.2, 0.25) is 11.8 Å². The Hall–Kier alpha value is -2.61. The molecular weight excluding hydrogens is 340 g/mol. The standard InChI is InChI=1S/C17H18N4O3S/c1-3-4-12-9-14(22)19-17(18-12)25-10-15-20-21-16(24-15)11-5-7-13(23-2)8-6-11/h5-9H,3-4,10H2,1-2H3,(H,18,19,22). The third-order valence-electron chi connectivity index (χ3n) is 3.42. The number of aromatic nitrogens is 4. The molecule has 8 heteroatoms. The number of hydrogen-bond acceptors (Lipinski definition) is 7. The molecule has 3 rings (SSSR count). The van der Waals surface area contributed by atoms with Gasteiger partial charge in [-0.15, -0.1) is 10.2 Å². The van der Waals surface area contributed by atoms with Crippen molar-refractivity contribution in [1.29, 1.82) is 0 Å². The smallest absolute Gasteiger partial charge is 0.251 e. The van der Waals surface area contributed by atoms with E-state index in [9.17, 15) is 4.79 Å². The highest BCUT2D eigenvalue weighted by molar-refractivity contribution is 7.98. The fourth-order valence-electron chi connectivity index (χ4n) is 2.23.